The lowest BCUT2D eigenvalue weighted by atomic mass is 9.97. The van der Waals surface area contributed by atoms with Crippen LogP contribution in [0.5, 0.6) is 0 Å². The van der Waals surface area contributed by atoms with Crippen LogP contribution in [-0.4, -0.2) is 0 Å². The van der Waals surface area contributed by atoms with E-state index < -0.39 is 0 Å². The number of hydrogen-bond donors (Lipinski definition) is 0. The summed E-state index contributed by atoms with van der Waals surface area (Å²) in [5.41, 5.74) is 12.2. The molecule has 0 bridgehead atoms. The van der Waals surface area contributed by atoms with E-state index in [1.54, 1.807) is 0 Å². The van der Waals surface area contributed by atoms with Crippen molar-refractivity contribution in [2.45, 2.75) is 13.3 Å². The van der Waals surface area contributed by atoms with Gasteiger partial charge >= 0.3 is 0 Å². The summed E-state index contributed by atoms with van der Waals surface area (Å²) in [6.45, 7) is 2.19. The molecule has 0 amide bonds. The molecule has 0 unspecified atom stereocenters. The highest BCUT2D eigenvalue weighted by Crippen LogP contribution is 2.35. The van der Waals surface area contributed by atoms with Crippen LogP contribution in [0.2, 0.25) is 0 Å². The number of hydrogen-bond acceptors (Lipinski definition) is 1. The van der Waals surface area contributed by atoms with E-state index in [-0.39, 0.29) is 0 Å². The van der Waals surface area contributed by atoms with E-state index >= 15 is 0 Å². The fourth-order valence-corrected chi connectivity index (χ4v) is 5.05. The summed E-state index contributed by atoms with van der Waals surface area (Å²) in [7, 11) is 0. The third kappa shape index (κ3) is 5.39. The van der Waals surface area contributed by atoms with E-state index in [1.165, 1.54) is 38.9 Å². The van der Waals surface area contributed by atoms with Crippen molar-refractivity contribution < 1.29 is 0 Å². The first-order chi connectivity index (χ1) is 19.3. The van der Waals surface area contributed by atoms with Crippen molar-refractivity contribution in [3.63, 3.8) is 0 Å². The smallest absolute Gasteiger partial charge is 0.0462 e. The first kappa shape index (κ1) is 24.5. The maximum atomic E-state index is 2.29. The second-order valence-electron chi connectivity index (χ2n) is 9.76. The van der Waals surface area contributed by atoms with Crippen LogP contribution in [0, 0.1) is 0 Å². The van der Waals surface area contributed by atoms with E-state index in [2.05, 4.69) is 170 Å². The topological polar surface area (TPSA) is 3.24 Å². The molecule has 1 heteroatoms. The molecule has 0 spiro atoms. The molecule has 0 atom stereocenters. The predicted octanol–water partition coefficient (Wildman–Crippen LogP) is 10.7. The van der Waals surface area contributed by atoms with Gasteiger partial charge in [0, 0.05) is 17.1 Å². The lowest BCUT2D eigenvalue weighted by Gasteiger charge is -2.25. The molecule has 0 N–H and O–H groups in total. The molecule has 0 fully saturated rings. The van der Waals surface area contributed by atoms with E-state index in [0.29, 0.717) is 0 Å². The van der Waals surface area contributed by atoms with Crippen molar-refractivity contribution in [1.29, 1.82) is 0 Å². The van der Waals surface area contributed by atoms with Gasteiger partial charge in [0.2, 0.25) is 0 Å². The molecule has 0 aliphatic heterocycles. The van der Waals surface area contributed by atoms with Crippen molar-refractivity contribution >= 4 is 17.1 Å². The Bertz CT molecular complexity index is 1580. The molecule has 0 heterocycles. The maximum absolute atomic E-state index is 2.29. The molecule has 0 aliphatic carbocycles. The number of benzene rings is 6. The Balaban J connectivity index is 1.21. The fraction of sp³-hybridized carbons (Fsp3) is 0.0526. The predicted molar refractivity (Wildman–Crippen MR) is 167 cm³/mol. The van der Waals surface area contributed by atoms with Crippen LogP contribution in [0.1, 0.15) is 12.5 Å². The van der Waals surface area contributed by atoms with Crippen LogP contribution in [-0.2, 0) is 6.42 Å². The van der Waals surface area contributed by atoms with Crippen molar-refractivity contribution in [3.8, 4) is 33.4 Å². The largest absolute Gasteiger partial charge is 0.311 e. The minimum absolute atomic E-state index is 1.07. The lowest BCUT2D eigenvalue weighted by molar-refractivity contribution is 1.14. The van der Waals surface area contributed by atoms with Crippen LogP contribution in [0.3, 0.4) is 0 Å². The third-order valence-electron chi connectivity index (χ3n) is 7.29. The fourth-order valence-electron chi connectivity index (χ4n) is 5.05. The summed E-state index contributed by atoms with van der Waals surface area (Å²) in [6.07, 6.45) is 1.07. The van der Waals surface area contributed by atoms with Gasteiger partial charge in [0.05, 0.1) is 0 Å². The SMILES string of the molecule is CCc1ccc(-c2ccc(-c3ccc(-c4ccc(N(c5ccccc5)c5ccccc5)cc4)cc3)cc2)cc1. The molecule has 6 aromatic rings. The average molecular weight is 502 g/mol. The molecule has 0 radical (unpaired) electrons. The first-order valence-corrected chi connectivity index (χ1v) is 13.6. The molecule has 6 rings (SSSR count). The molecule has 188 valence electrons. The average Bonchev–Trinajstić information content (AvgIpc) is 3.03. The van der Waals surface area contributed by atoms with Gasteiger partial charge in [-0.15, -0.1) is 0 Å². The molecule has 0 saturated heterocycles. The summed E-state index contributed by atoms with van der Waals surface area (Å²) in [4.78, 5) is 2.29. The van der Waals surface area contributed by atoms with Crippen LogP contribution >= 0.6 is 0 Å². The highest BCUT2D eigenvalue weighted by atomic mass is 15.1. The summed E-state index contributed by atoms with van der Waals surface area (Å²) in [5, 5.41) is 0. The van der Waals surface area contributed by atoms with E-state index in [9.17, 15) is 0 Å². The Morgan fingerprint density at radius 1 is 0.333 bits per heavy atom. The number of aryl methyl sites for hydroxylation is 1. The Morgan fingerprint density at radius 2 is 0.615 bits per heavy atom. The standard InChI is InChI=1S/C38H31N/c1-2-29-13-15-30(16-14-29)31-17-19-32(20-18-31)33-21-23-34(24-22-33)35-25-27-38(28-26-35)39(36-9-5-3-6-10-36)37-11-7-4-8-12-37/h3-28H,2H2,1H3. The van der Waals surface area contributed by atoms with Crippen LogP contribution in [0.25, 0.3) is 33.4 Å². The monoisotopic (exact) mass is 501 g/mol. The van der Waals surface area contributed by atoms with Gasteiger partial charge in [-0.05, 0) is 81.8 Å². The summed E-state index contributed by atoms with van der Waals surface area (Å²) < 4.78 is 0. The minimum Gasteiger partial charge on any atom is -0.311 e. The zero-order chi connectivity index (χ0) is 26.4. The molecular weight excluding hydrogens is 470 g/mol. The Labute approximate surface area is 231 Å². The van der Waals surface area contributed by atoms with Gasteiger partial charge in [0.1, 0.15) is 0 Å². The quantitative estimate of drug-likeness (QED) is 0.210. The zero-order valence-electron chi connectivity index (χ0n) is 22.2. The van der Waals surface area contributed by atoms with E-state index in [1.807, 2.05) is 0 Å². The molecule has 1 nitrogen and oxygen atoms in total. The molecule has 0 aromatic heterocycles. The Kier molecular flexibility index (Phi) is 7.05. The van der Waals surface area contributed by atoms with E-state index in [0.717, 1.165) is 23.5 Å². The lowest BCUT2D eigenvalue weighted by Crippen LogP contribution is -2.09. The molecule has 0 aliphatic rings. The normalized spacial score (nSPS) is 10.8. The van der Waals surface area contributed by atoms with E-state index in [4.69, 9.17) is 0 Å². The van der Waals surface area contributed by atoms with Gasteiger partial charge in [0.15, 0.2) is 0 Å². The van der Waals surface area contributed by atoms with Gasteiger partial charge in [-0.3, -0.25) is 0 Å². The zero-order valence-corrected chi connectivity index (χ0v) is 22.2. The van der Waals surface area contributed by atoms with Gasteiger partial charge in [-0.1, -0.05) is 128 Å². The molecule has 0 saturated carbocycles. The summed E-state index contributed by atoms with van der Waals surface area (Å²) in [5.74, 6) is 0. The van der Waals surface area contributed by atoms with Gasteiger partial charge < -0.3 is 4.90 Å². The van der Waals surface area contributed by atoms with Crippen LogP contribution in [0.15, 0.2) is 158 Å². The number of para-hydroxylation sites is 2. The molecular formula is C38H31N. The Hall–Kier alpha value is -4.88. The number of anilines is 3. The highest BCUT2D eigenvalue weighted by molar-refractivity contribution is 5.79. The molecule has 6 aromatic carbocycles. The molecule has 39 heavy (non-hydrogen) atoms. The highest BCUT2D eigenvalue weighted by Gasteiger charge is 2.12. The van der Waals surface area contributed by atoms with Gasteiger partial charge in [-0.25, -0.2) is 0 Å². The van der Waals surface area contributed by atoms with Crippen molar-refractivity contribution in [1.82, 2.24) is 0 Å². The summed E-state index contributed by atoms with van der Waals surface area (Å²) in [6, 6.07) is 56.4. The van der Waals surface area contributed by atoms with Crippen LogP contribution < -0.4 is 4.90 Å². The first-order valence-electron chi connectivity index (χ1n) is 13.6. The minimum atomic E-state index is 1.07. The van der Waals surface area contributed by atoms with Crippen molar-refractivity contribution in [2.75, 3.05) is 4.90 Å². The van der Waals surface area contributed by atoms with Gasteiger partial charge in [0.25, 0.3) is 0 Å². The van der Waals surface area contributed by atoms with Crippen LogP contribution in [0.4, 0.5) is 17.1 Å². The third-order valence-corrected chi connectivity index (χ3v) is 7.29. The maximum Gasteiger partial charge on any atom is 0.0462 e. The van der Waals surface area contributed by atoms with Crippen molar-refractivity contribution in [3.05, 3.63) is 163 Å². The number of rotatable bonds is 7. The Morgan fingerprint density at radius 3 is 0.949 bits per heavy atom. The van der Waals surface area contributed by atoms with Crippen molar-refractivity contribution in [2.24, 2.45) is 0 Å². The second kappa shape index (κ2) is 11.2. The van der Waals surface area contributed by atoms with Gasteiger partial charge in [-0.2, -0.15) is 0 Å². The summed E-state index contributed by atoms with van der Waals surface area (Å²) >= 11 is 0. The second-order valence-corrected chi connectivity index (χ2v) is 9.76. The number of nitrogens with zero attached hydrogens (tertiary/aromatic N) is 1.